The van der Waals surface area contributed by atoms with Gasteiger partial charge in [0.05, 0.1) is 12.6 Å². The lowest BCUT2D eigenvalue weighted by Crippen LogP contribution is -2.39. The van der Waals surface area contributed by atoms with Crippen LogP contribution in [0.1, 0.15) is 33.9 Å². The molecule has 0 fully saturated rings. The molecule has 0 aromatic heterocycles. The van der Waals surface area contributed by atoms with Crippen LogP contribution in [0.2, 0.25) is 0 Å². The molecule has 2 aromatic carbocycles. The number of rotatable bonds is 4. The number of hydrogen-bond donors (Lipinski definition) is 1. The molecule has 0 saturated carbocycles. The van der Waals surface area contributed by atoms with E-state index in [9.17, 15) is 9.59 Å². The maximum absolute atomic E-state index is 12.5. The Labute approximate surface area is 151 Å². The largest absolute Gasteiger partial charge is 0.454 e. The highest BCUT2D eigenvalue weighted by Crippen LogP contribution is 2.35. The summed E-state index contributed by atoms with van der Waals surface area (Å²) in [6, 6.07) is 13.2. The highest BCUT2D eigenvalue weighted by atomic mass is 16.7. The maximum Gasteiger partial charge on any atom is 0.251 e. The highest BCUT2D eigenvalue weighted by Gasteiger charge is 2.28. The minimum atomic E-state index is -0.308. The topological polar surface area (TPSA) is 67.9 Å². The highest BCUT2D eigenvalue weighted by molar-refractivity contribution is 5.97. The monoisotopic (exact) mass is 352 g/mol. The fraction of sp³-hybridized carbons (Fsp3) is 0.300. The van der Waals surface area contributed by atoms with Crippen molar-refractivity contribution in [1.29, 1.82) is 0 Å². The third kappa shape index (κ3) is 2.98. The van der Waals surface area contributed by atoms with Gasteiger partial charge in [-0.1, -0.05) is 24.3 Å². The summed E-state index contributed by atoms with van der Waals surface area (Å²) >= 11 is 0. The lowest BCUT2D eigenvalue weighted by Gasteiger charge is -2.25. The zero-order chi connectivity index (χ0) is 18.1. The second-order valence-electron chi connectivity index (χ2n) is 6.51. The molecule has 2 aromatic rings. The van der Waals surface area contributed by atoms with Crippen molar-refractivity contribution in [2.75, 3.05) is 20.4 Å². The van der Waals surface area contributed by atoms with Crippen LogP contribution in [0.5, 0.6) is 11.5 Å². The molecule has 0 saturated heterocycles. The molecule has 0 unspecified atom stereocenters. The first-order valence-electron chi connectivity index (χ1n) is 8.65. The molecule has 1 N–H and O–H groups in total. The average Bonchev–Trinajstić information content (AvgIpc) is 3.31. The fourth-order valence-corrected chi connectivity index (χ4v) is 3.53. The van der Waals surface area contributed by atoms with Crippen molar-refractivity contribution >= 4 is 11.8 Å². The number of amides is 2. The van der Waals surface area contributed by atoms with Gasteiger partial charge in [0.15, 0.2) is 11.5 Å². The third-order valence-electron chi connectivity index (χ3n) is 5.00. The van der Waals surface area contributed by atoms with E-state index in [4.69, 9.17) is 9.47 Å². The molecule has 1 heterocycles. The van der Waals surface area contributed by atoms with Crippen molar-refractivity contribution in [2.45, 2.75) is 18.9 Å². The number of hydrogen-bond acceptors (Lipinski definition) is 4. The fourth-order valence-electron chi connectivity index (χ4n) is 3.53. The number of nitrogens with zero attached hydrogens (tertiary/aromatic N) is 1. The summed E-state index contributed by atoms with van der Waals surface area (Å²) in [4.78, 5) is 26.6. The van der Waals surface area contributed by atoms with Crippen molar-refractivity contribution in [2.24, 2.45) is 0 Å². The third-order valence-corrected chi connectivity index (χ3v) is 5.00. The van der Waals surface area contributed by atoms with Crippen LogP contribution < -0.4 is 14.8 Å². The molecule has 1 aliphatic heterocycles. The van der Waals surface area contributed by atoms with E-state index in [-0.39, 0.29) is 31.2 Å². The van der Waals surface area contributed by atoms with Crippen molar-refractivity contribution < 1.29 is 19.1 Å². The van der Waals surface area contributed by atoms with Gasteiger partial charge in [0.2, 0.25) is 12.7 Å². The van der Waals surface area contributed by atoms with E-state index < -0.39 is 0 Å². The Morgan fingerprint density at radius 2 is 1.96 bits per heavy atom. The van der Waals surface area contributed by atoms with Crippen LogP contribution in [-0.4, -0.2) is 37.1 Å². The predicted octanol–water partition coefficient (Wildman–Crippen LogP) is 2.29. The molecule has 26 heavy (non-hydrogen) atoms. The van der Waals surface area contributed by atoms with Gasteiger partial charge in [0.1, 0.15) is 0 Å². The maximum atomic E-state index is 12.5. The quantitative estimate of drug-likeness (QED) is 0.917. The standard InChI is InChI=1S/C20H20N2O4/c1-22(16-8-6-13-4-2-3-5-15(13)16)19(23)11-21-20(24)14-7-9-17-18(10-14)26-12-25-17/h2-5,7,9-10,16H,6,8,11-12H2,1H3,(H,21,24)/t16-/m1/s1. The lowest BCUT2D eigenvalue weighted by atomic mass is 10.1. The zero-order valence-electron chi connectivity index (χ0n) is 14.5. The first-order chi connectivity index (χ1) is 12.6. The Kier molecular flexibility index (Phi) is 4.24. The number of carbonyl (C=O) groups excluding carboxylic acids is 2. The lowest BCUT2D eigenvalue weighted by molar-refractivity contribution is -0.131. The van der Waals surface area contributed by atoms with Gasteiger partial charge in [-0.25, -0.2) is 0 Å². The van der Waals surface area contributed by atoms with E-state index in [1.54, 1.807) is 30.1 Å². The molecule has 0 bridgehead atoms. The number of aryl methyl sites for hydroxylation is 1. The van der Waals surface area contributed by atoms with Gasteiger partial charge in [-0.3, -0.25) is 9.59 Å². The van der Waals surface area contributed by atoms with Gasteiger partial charge in [0, 0.05) is 12.6 Å². The summed E-state index contributed by atoms with van der Waals surface area (Å²) in [7, 11) is 1.79. The number of nitrogens with one attached hydrogen (secondary N) is 1. The van der Waals surface area contributed by atoms with Crippen molar-refractivity contribution in [3.63, 3.8) is 0 Å². The summed E-state index contributed by atoms with van der Waals surface area (Å²) in [5.41, 5.74) is 2.93. The van der Waals surface area contributed by atoms with E-state index in [1.165, 1.54) is 11.1 Å². The van der Waals surface area contributed by atoms with E-state index in [1.807, 2.05) is 12.1 Å². The smallest absolute Gasteiger partial charge is 0.251 e. The van der Waals surface area contributed by atoms with Crippen LogP contribution in [0, 0.1) is 0 Å². The van der Waals surface area contributed by atoms with E-state index >= 15 is 0 Å². The summed E-state index contributed by atoms with van der Waals surface area (Å²) in [6.07, 6.45) is 1.89. The molecule has 6 heteroatoms. The van der Waals surface area contributed by atoms with Crippen molar-refractivity contribution in [3.8, 4) is 11.5 Å². The predicted molar refractivity (Wildman–Crippen MR) is 95.2 cm³/mol. The summed E-state index contributed by atoms with van der Waals surface area (Å²) in [5.74, 6) is 0.749. The minimum absolute atomic E-state index is 0.0392. The van der Waals surface area contributed by atoms with Crippen molar-refractivity contribution in [3.05, 3.63) is 59.2 Å². The molecule has 1 atom stereocenters. The van der Waals surface area contributed by atoms with Gasteiger partial charge in [-0.2, -0.15) is 0 Å². The molecule has 0 spiro atoms. The summed E-state index contributed by atoms with van der Waals surface area (Å²) in [6.45, 7) is 0.120. The Balaban J connectivity index is 1.37. The number of benzene rings is 2. The van der Waals surface area contributed by atoms with Gasteiger partial charge in [-0.15, -0.1) is 0 Å². The zero-order valence-corrected chi connectivity index (χ0v) is 14.5. The van der Waals surface area contributed by atoms with Crippen LogP contribution in [0.4, 0.5) is 0 Å². The van der Waals surface area contributed by atoms with Gasteiger partial charge < -0.3 is 19.7 Å². The van der Waals surface area contributed by atoms with Gasteiger partial charge in [-0.05, 0) is 42.2 Å². The molecule has 2 aliphatic rings. The normalized spacial score (nSPS) is 16.9. The average molecular weight is 352 g/mol. The minimum Gasteiger partial charge on any atom is -0.454 e. The number of likely N-dealkylation sites (N-methyl/N-ethyl adjacent to an activating group) is 1. The summed E-state index contributed by atoms with van der Waals surface area (Å²) in [5, 5.41) is 2.69. The molecule has 0 radical (unpaired) electrons. The first-order valence-corrected chi connectivity index (χ1v) is 8.65. The van der Waals surface area contributed by atoms with Crippen LogP contribution in [0.3, 0.4) is 0 Å². The van der Waals surface area contributed by atoms with Crippen LogP contribution >= 0.6 is 0 Å². The number of carbonyl (C=O) groups is 2. The number of ether oxygens (including phenoxy) is 2. The molecule has 2 amide bonds. The second kappa shape index (κ2) is 6.71. The molecular formula is C20H20N2O4. The summed E-state index contributed by atoms with van der Waals surface area (Å²) < 4.78 is 10.5. The second-order valence-corrected chi connectivity index (χ2v) is 6.51. The molecule has 6 nitrogen and oxygen atoms in total. The van der Waals surface area contributed by atoms with E-state index in [0.29, 0.717) is 17.1 Å². The SMILES string of the molecule is CN(C(=O)CNC(=O)c1ccc2c(c1)OCO2)[C@@H]1CCc2ccccc21. The van der Waals surface area contributed by atoms with Gasteiger partial charge >= 0.3 is 0 Å². The van der Waals surface area contributed by atoms with Gasteiger partial charge in [0.25, 0.3) is 5.91 Å². The van der Waals surface area contributed by atoms with E-state index in [2.05, 4.69) is 17.4 Å². The number of fused-ring (bicyclic) bond motifs is 2. The van der Waals surface area contributed by atoms with E-state index in [0.717, 1.165) is 12.8 Å². The Hall–Kier alpha value is -3.02. The van der Waals surface area contributed by atoms with Crippen molar-refractivity contribution in [1.82, 2.24) is 10.2 Å². The Bertz CT molecular complexity index is 865. The Morgan fingerprint density at radius 1 is 1.15 bits per heavy atom. The molecule has 4 rings (SSSR count). The molecular weight excluding hydrogens is 332 g/mol. The first kappa shape index (κ1) is 16.4. The Morgan fingerprint density at radius 3 is 2.85 bits per heavy atom. The molecule has 134 valence electrons. The van der Waals surface area contributed by atoms with Crippen LogP contribution in [0.15, 0.2) is 42.5 Å². The van der Waals surface area contributed by atoms with Crippen LogP contribution in [0.25, 0.3) is 0 Å². The molecule has 1 aliphatic carbocycles. The van der Waals surface area contributed by atoms with Crippen LogP contribution in [-0.2, 0) is 11.2 Å².